The van der Waals surface area contributed by atoms with E-state index in [0.717, 1.165) is 4.47 Å². The molecule has 0 aliphatic rings. The number of nitrogens with one attached hydrogen (secondary N) is 2. The Labute approximate surface area is 192 Å². The molecule has 7 nitrogen and oxygen atoms in total. The van der Waals surface area contributed by atoms with Crippen molar-refractivity contribution in [3.05, 3.63) is 87.6 Å². The molecule has 32 heavy (non-hydrogen) atoms. The van der Waals surface area contributed by atoms with Gasteiger partial charge >= 0.3 is 0 Å². The highest BCUT2D eigenvalue weighted by atomic mass is 79.9. The lowest BCUT2D eigenvalue weighted by Crippen LogP contribution is -2.30. The van der Waals surface area contributed by atoms with Gasteiger partial charge in [-0.15, -0.1) is 0 Å². The number of benzene rings is 3. The largest absolute Gasteiger partial charge is 0.326 e. The molecule has 0 unspecified atom stereocenters. The van der Waals surface area contributed by atoms with Crippen LogP contribution in [0, 0.1) is 0 Å². The Kier molecular flexibility index (Phi) is 6.13. The second-order valence-corrected chi connectivity index (χ2v) is 8.04. The second-order valence-electron chi connectivity index (χ2n) is 7.13. The Bertz CT molecular complexity index is 1400. The van der Waals surface area contributed by atoms with Gasteiger partial charge in [-0.1, -0.05) is 52.3 Å². The van der Waals surface area contributed by atoms with E-state index in [0.29, 0.717) is 28.0 Å². The van der Waals surface area contributed by atoms with Crippen LogP contribution in [0.25, 0.3) is 22.3 Å². The van der Waals surface area contributed by atoms with E-state index in [1.807, 2.05) is 18.2 Å². The number of anilines is 2. The number of nitrogens with zero attached hydrogens (tertiary/aromatic N) is 2. The molecule has 1 aromatic heterocycles. The summed E-state index contributed by atoms with van der Waals surface area (Å²) >= 11 is 3.38. The van der Waals surface area contributed by atoms with Crippen LogP contribution in [0.3, 0.4) is 0 Å². The Morgan fingerprint density at radius 3 is 2.50 bits per heavy atom. The van der Waals surface area contributed by atoms with Gasteiger partial charge < -0.3 is 10.6 Å². The first kappa shape index (κ1) is 21.5. The standard InChI is InChI=1S/C24H19BrN4O3/c1-15(30)26-19-10-3-2-9-18(19)23-24(32)29(21-12-5-4-11-20(21)28-23)14-22(31)27-17-8-6-7-16(25)13-17/h2-13H,14H2,1H3,(H,26,30)(H,27,31). The van der Waals surface area contributed by atoms with E-state index >= 15 is 0 Å². The van der Waals surface area contributed by atoms with Crippen molar-refractivity contribution in [1.29, 1.82) is 0 Å². The summed E-state index contributed by atoms with van der Waals surface area (Å²) in [5.74, 6) is -0.602. The van der Waals surface area contributed by atoms with Crippen LogP contribution in [-0.2, 0) is 16.1 Å². The molecule has 1 heterocycles. The summed E-state index contributed by atoms with van der Waals surface area (Å²) in [5.41, 5.74) is 2.42. The van der Waals surface area contributed by atoms with Crippen molar-refractivity contribution in [2.45, 2.75) is 13.5 Å². The number of aromatic nitrogens is 2. The van der Waals surface area contributed by atoms with Crippen molar-refractivity contribution in [1.82, 2.24) is 9.55 Å². The van der Waals surface area contributed by atoms with Crippen LogP contribution in [-0.4, -0.2) is 21.4 Å². The van der Waals surface area contributed by atoms with Gasteiger partial charge in [0.2, 0.25) is 11.8 Å². The van der Waals surface area contributed by atoms with E-state index < -0.39 is 5.56 Å². The van der Waals surface area contributed by atoms with Gasteiger partial charge in [0.05, 0.1) is 16.7 Å². The van der Waals surface area contributed by atoms with Gasteiger partial charge in [-0.3, -0.25) is 19.0 Å². The molecule has 0 radical (unpaired) electrons. The van der Waals surface area contributed by atoms with Gasteiger partial charge in [0.25, 0.3) is 5.56 Å². The quantitative estimate of drug-likeness (QED) is 0.432. The van der Waals surface area contributed by atoms with Crippen molar-refractivity contribution in [2.24, 2.45) is 0 Å². The Hall–Kier alpha value is -3.78. The molecule has 0 aliphatic carbocycles. The number of hydrogen-bond donors (Lipinski definition) is 2. The zero-order chi connectivity index (χ0) is 22.7. The summed E-state index contributed by atoms with van der Waals surface area (Å²) < 4.78 is 2.23. The first-order chi connectivity index (χ1) is 15.4. The molecule has 3 aromatic carbocycles. The van der Waals surface area contributed by atoms with Crippen LogP contribution < -0.4 is 16.2 Å². The Balaban J connectivity index is 1.80. The third-order valence-corrected chi connectivity index (χ3v) is 5.25. The van der Waals surface area contributed by atoms with E-state index in [1.165, 1.54) is 11.5 Å². The second kappa shape index (κ2) is 9.15. The molecule has 160 valence electrons. The van der Waals surface area contributed by atoms with E-state index in [-0.39, 0.29) is 24.1 Å². The molecule has 2 N–H and O–H groups in total. The Morgan fingerprint density at radius 2 is 1.72 bits per heavy atom. The molecule has 0 spiro atoms. The van der Waals surface area contributed by atoms with Gasteiger partial charge in [0.15, 0.2) is 0 Å². The van der Waals surface area contributed by atoms with E-state index in [9.17, 15) is 14.4 Å². The third-order valence-electron chi connectivity index (χ3n) is 4.76. The van der Waals surface area contributed by atoms with Gasteiger partial charge in [-0.25, -0.2) is 4.98 Å². The number of carbonyl (C=O) groups is 2. The maximum atomic E-state index is 13.5. The highest BCUT2D eigenvalue weighted by Crippen LogP contribution is 2.25. The smallest absolute Gasteiger partial charge is 0.278 e. The topological polar surface area (TPSA) is 93.1 Å². The number of fused-ring (bicyclic) bond motifs is 1. The van der Waals surface area contributed by atoms with Gasteiger partial charge in [0, 0.05) is 22.6 Å². The average Bonchev–Trinajstić information content (AvgIpc) is 2.76. The zero-order valence-electron chi connectivity index (χ0n) is 17.1. The lowest BCUT2D eigenvalue weighted by molar-refractivity contribution is -0.117. The van der Waals surface area contributed by atoms with Crippen molar-refractivity contribution in [3.63, 3.8) is 0 Å². The fourth-order valence-electron chi connectivity index (χ4n) is 3.42. The number of amides is 2. The molecular weight excluding hydrogens is 472 g/mol. The molecule has 8 heteroatoms. The van der Waals surface area contributed by atoms with E-state index in [1.54, 1.807) is 54.6 Å². The molecule has 4 rings (SSSR count). The maximum absolute atomic E-state index is 13.5. The molecule has 0 saturated carbocycles. The highest BCUT2D eigenvalue weighted by molar-refractivity contribution is 9.10. The summed E-state index contributed by atoms with van der Waals surface area (Å²) in [6, 6.07) is 21.3. The third kappa shape index (κ3) is 4.60. The fraction of sp³-hybridized carbons (Fsp3) is 0.0833. The monoisotopic (exact) mass is 490 g/mol. The fourth-order valence-corrected chi connectivity index (χ4v) is 3.82. The number of hydrogen-bond acceptors (Lipinski definition) is 4. The molecule has 0 bridgehead atoms. The molecule has 0 fully saturated rings. The predicted octanol–water partition coefficient (Wildman–Crippen LogP) is 4.42. The lowest BCUT2D eigenvalue weighted by Gasteiger charge is -2.14. The minimum absolute atomic E-state index is 0.156. The number of carbonyl (C=O) groups excluding carboxylic acids is 2. The van der Waals surface area contributed by atoms with E-state index in [2.05, 4.69) is 31.5 Å². The summed E-state index contributed by atoms with van der Waals surface area (Å²) in [5, 5.41) is 5.55. The normalized spacial score (nSPS) is 10.7. The highest BCUT2D eigenvalue weighted by Gasteiger charge is 2.17. The van der Waals surface area contributed by atoms with Crippen molar-refractivity contribution >= 4 is 50.2 Å². The van der Waals surface area contributed by atoms with Crippen LogP contribution in [0.2, 0.25) is 0 Å². The summed E-state index contributed by atoms with van der Waals surface area (Å²) in [6.07, 6.45) is 0. The summed E-state index contributed by atoms with van der Waals surface area (Å²) in [7, 11) is 0. The van der Waals surface area contributed by atoms with Gasteiger partial charge in [-0.2, -0.15) is 0 Å². The van der Waals surface area contributed by atoms with Gasteiger partial charge in [-0.05, 0) is 36.4 Å². The first-order valence-electron chi connectivity index (χ1n) is 9.84. The number of para-hydroxylation sites is 3. The SMILES string of the molecule is CC(=O)Nc1ccccc1-c1nc2ccccc2n(CC(=O)Nc2cccc(Br)c2)c1=O. The number of halogens is 1. The van der Waals surface area contributed by atoms with E-state index in [4.69, 9.17) is 0 Å². The van der Waals surface area contributed by atoms with Crippen LogP contribution >= 0.6 is 15.9 Å². The molecule has 0 atom stereocenters. The zero-order valence-corrected chi connectivity index (χ0v) is 18.7. The molecule has 2 amide bonds. The molecule has 0 aliphatic heterocycles. The average molecular weight is 491 g/mol. The van der Waals surface area contributed by atoms with Crippen molar-refractivity contribution in [2.75, 3.05) is 10.6 Å². The maximum Gasteiger partial charge on any atom is 0.278 e. The summed E-state index contributed by atoms with van der Waals surface area (Å²) in [6.45, 7) is 1.21. The predicted molar refractivity (Wildman–Crippen MR) is 129 cm³/mol. The van der Waals surface area contributed by atoms with Crippen LogP contribution in [0.1, 0.15) is 6.92 Å². The van der Waals surface area contributed by atoms with Crippen molar-refractivity contribution in [3.8, 4) is 11.3 Å². The number of rotatable bonds is 5. The molecular formula is C24H19BrN4O3. The summed E-state index contributed by atoms with van der Waals surface area (Å²) in [4.78, 5) is 42.4. The minimum atomic E-state index is -0.425. The first-order valence-corrected chi connectivity index (χ1v) is 10.6. The van der Waals surface area contributed by atoms with Crippen LogP contribution in [0.4, 0.5) is 11.4 Å². The lowest BCUT2D eigenvalue weighted by atomic mass is 10.1. The molecule has 0 saturated heterocycles. The van der Waals surface area contributed by atoms with Crippen LogP contribution in [0.5, 0.6) is 0 Å². The minimum Gasteiger partial charge on any atom is -0.326 e. The van der Waals surface area contributed by atoms with Crippen LogP contribution in [0.15, 0.2) is 82.1 Å². The molecule has 4 aromatic rings. The van der Waals surface area contributed by atoms with Crippen molar-refractivity contribution < 1.29 is 9.59 Å². The van der Waals surface area contributed by atoms with Gasteiger partial charge in [0.1, 0.15) is 12.2 Å². The Morgan fingerprint density at radius 1 is 0.969 bits per heavy atom.